The van der Waals surface area contributed by atoms with Crippen molar-refractivity contribution >= 4 is 39.6 Å². The number of halogens is 1. The average molecular weight is 419 g/mol. The molecule has 12 nitrogen and oxygen atoms in total. The molecule has 0 aliphatic heterocycles. The molecule has 0 radical (unpaired) electrons. The molecule has 0 aliphatic rings. The second-order valence-electron chi connectivity index (χ2n) is 4.99. The fraction of sp³-hybridized carbons (Fsp3) is 0.308. The number of hydrogen-bond acceptors (Lipinski definition) is 9. The quantitative estimate of drug-likeness (QED) is 0.670. The number of urea groups is 1. The minimum absolute atomic E-state index is 0.172. The number of aromatic amines is 1. The molecule has 27 heavy (non-hydrogen) atoms. The number of rotatable bonds is 5. The molecular formula is C13H15ClN6O6S. The summed E-state index contributed by atoms with van der Waals surface area (Å²) in [6.07, 6.45) is 0. The zero-order valence-corrected chi connectivity index (χ0v) is 16.2. The van der Waals surface area contributed by atoms with Crippen LogP contribution in [0.25, 0.3) is 0 Å². The Labute approximate surface area is 158 Å². The molecule has 0 unspecified atom stereocenters. The van der Waals surface area contributed by atoms with Crippen molar-refractivity contribution in [1.82, 2.24) is 24.5 Å². The van der Waals surface area contributed by atoms with E-state index in [1.807, 2.05) is 0 Å². The number of carbonyl (C=O) groups is 2. The van der Waals surface area contributed by atoms with Crippen molar-refractivity contribution in [3.8, 4) is 5.88 Å². The highest BCUT2D eigenvalue weighted by Crippen LogP contribution is 2.24. The van der Waals surface area contributed by atoms with Gasteiger partial charge in [0.1, 0.15) is 5.56 Å². The first-order chi connectivity index (χ1) is 12.6. The van der Waals surface area contributed by atoms with Crippen LogP contribution in [0.3, 0.4) is 0 Å². The molecule has 0 saturated carbocycles. The van der Waals surface area contributed by atoms with Gasteiger partial charge in [0.2, 0.25) is 11.8 Å². The van der Waals surface area contributed by atoms with E-state index in [0.29, 0.717) is 10.00 Å². The van der Waals surface area contributed by atoms with Gasteiger partial charge >= 0.3 is 12.0 Å². The monoisotopic (exact) mass is 418 g/mol. The third-order valence-corrected chi connectivity index (χ3v) is 5.21. The Morgan fingerprint density at radius 3 is 2.56 bits per heavy atom. The average Bonchev–Trinajstić information content (AvgIpc) is 3.02. The highest BCUT2D eigenvalue weighted by molar-refractivity contribution is 7.89. The second kappa shape index (κ2) is 7.75. The molecule has 2 rings (SSSR count). The maximum Gasteiger partial charge on any atom is 0.344 e. The fourth-order valence-electron chi connectivity index (χ4n) is 1.89. The third kappa shape index (κ3) is 4.09. The molecular weight excluding hydrogens is 404 g/mol. The summed E-state index contributed by atoms with van der Waals surface area (Å²) in [5.41, 5.74) is -0.0386. The van der Waals surface area contributed by atoms with Gasteiger partial charge in [0.05, 0.1) is 14.2 Å². The minimum Gasteiger partial charge on any atom is -0.481 e. The largest absolute Gasteiger partial charge is 0.481 e. The minimum atomic E-state index is -4.52. The summed E-state index contributed by atoms with van der Waals surface area (Å²) in [4.78, 5) is 32.0. The van der Waals surface area contributed by atoms with E-state index < -0.39 is 37.8 Å². The lowest BCUT2D eigenvalue weighted by Crippen LogP contribution is -2.38. The van der Waals surface area contributed by atoms with Crippen LogP contribution in [0.5, 0.6) is 5.88 Å². The summed E-state index contributed by atoms with van der Waals surface area (Å²) in [5.74, 6) is -1.03. The van der Waals surface area contributed by atoms with Gasteiger partial charge in [-0.15, -0.1) is 0 Å². The van der Waals surface area contributed by atoms with Crippen LogP contribution in [0, 0.1) is 6.92 Å². The Bertz CT molecular complexity index is 991. The van der Waals surface area contributed by atoms with Crippen LogP contribution in [0.15, 0.2) is 11.1 Å². The van der Waals surface area contributed by atoms with E-state index in [2.05, 4.69) is 30.2 Å². The van der Waals surface area contributed by atoms with E-state index in [9.17, 15) is 18.0 Å². The predicted octanol–water partition coefficient (Wildman–Crippen LogP) is 0.809. The first-order valence-corrected chi connectivity index (χ1v) is 8.95. The van der Waals surface area contributed by atoms with Crippen LogP contribution in [0.4, 0.5) is 10.7 Å². The Morgan fingerprint density at radius 1 is 1.30 bits per heavy atom. The van der Waals surface area contributed by atoms with Gasteiger partial charge in [0.25, 0.3) is 10.0 Å². The number of anilines is 1. The van der Waals surface area contributed by atoms with Crippen LogP contribution in [0.1, 0.15) is 16.1 Å². The molecule has 2 heterocycles. The maximum atomic E-state index is 12.7. The van der Waals surface area contributed by atoms with Crippen LogP contribution < -0.4 is 10.1 Å². The summed E-state index contributed by atoms with van der Waals surface area (Å²) in [6, 6.07) is 0.426. The van der Waals surface area contributed by atoms with Gasteiger partial charge in [-0.05, 0) is 6.92 Å². The summed E-state index contributed by atoms with van der Waals surface area (Å²) >= 11 is 5.73. The van der Waals surface area contributed by atoms with Gasteiger partial charge in [-0.25, -0.2) is 18.9 Å². The Hall–Kier alpha value is -2.93. The molecule has 0 fully saturated rings. The van der Waals surface area contributed by atoms with Crippen molar-refractivity contribution in [2.75, 3.05) is 26.6 Å². The third-order valence-electron chi connectivity index (χ3n) is 3.24. The van der Waals surface area contributed by atoms with Crippen molar-refractivity contribution in [3.63, 3.8) is 0 Å². The van der Waals surface area contributed by atoms with Crippen molar-refractivity contribution in [2.45, 2.75) is 11.9 Å². The van der Waals surface area contributed by atoms with E-state index in [-0.39, 0.29) is 11.8 Å². The van der Waals surface area contributed by atoms with Crippen LogP contribution in [0.2, 0.25) is 5.15 Å². The number of carbonyl (C=O) groups excluding carboxylic acids is 2. The summed E-state index contributed by atoms with van der Waals surface area (Å²) in [5, 5.41) is 6.70. The van der Waals surface area contributed by atoms with E-state index in [1.165, 1.54) is 13.2 Å². The molecule has 0 saturated heterocycles. The standard InChI is InChI=1S/C13H15ClN6O6S/c1-6-5-7(25-3)16-12(15-6)17-13(22)20(2)27(23,24)10-8(11(21)26-4)9(14)18-19-10/h5H,1-4H3,(H,18,19)(H,15,16,17,22). The van der Waals surface area contributed by atoms with Crippen molar-refractivity contribution in [3.05, 3.63) is 22.5 Å². The number of aromatic nitrogens is 4. The lowest BCUT2D eigenvalue weighted by molar-refractivity contribution is 0.0596. The number of nitrogens with zero attached hydrogens (tertiary/aromatic N) is 4. The van der Waals surface area contributed by atoms with Crippen LogP contribution in [-0.2, 0) is 14.8 Å². The van der Waals surface area contributed by atoms with Gasteiger partial charge in [0, 0.05) is 18.8 Å². The fourth-order valence-corrected chi connectivity index (χ4v) is 3.30. The molecule has 2 aromatic heterocycles. The molecule has 2 N–H and O–H groups in total. The number of hydrogen-bond donors (Lipinski definition) is 2. The second-order valence-corrected chi connectivity index (χ2v) is 7.25. The summed E-state index contributed by atoms with van der Waals surface area (Å²) in [6.45, 7) is 1.63. The number of amides is 2. The van der Waals surface area contributed by atoms with Crippen molar-refractivity contribution in [1.29, 1.82) is 0 Å². The topological polar surface area (TPSA) is 156 Å². The lowest BCUT2D eigenvalue weighted by atomic mass is 10.4. The summed E-state index contributed by atoms with van der Waals surface area (Å²) in [7, 11) is -1.13. The van der Waals surface area contributed by atoms with Gasteiger partial charge in [0.15, 0.2) is 10.2 Å². The van der Waals surface area contributed by atoms with E-state index in [1.54, 1.807) is 6.92 Å². The number of ether oxygens (including phenoxy) is 2. The first-order valence-electron chi connectivity index (χ1n) is 7.13. The van der Waals surface area contributed by atoms with Crippen LogP contribution in [-0.4, -0.2) is 66.2 Å². The SMILES string of the molecule is COC(=O)c1c(Cl)n[nH]c1S(=O)(=O)N(C)C(=O)Nc1nc(C)cc(OC)n1. The van der Waals surface area contributed by atoms with Gasteiger partial charge in [-0.2, -0.15) is 18.5 Å². The van der Waals surface area contributed by atoms with Gasteiger partial charge in [-0.1, -0.05) is 11.6 Å². The Morgan fingerprint density at radius 2 is 1.96 bits per heavy atom. The molecule has 0 spiro atoms. The first kappa shape index (κ1) is 20.4. The van der Waals surface area contributed by atoms with Crippen molar-refractivity contribution in [2.24, 2.45) is 0 Å². The van der Waals surface area contributed by atoms with E-state index >= 15 is 0 Å². The Kier molecular flexibility index (Phi) is 5.85. The van der Waals surface area contributed by atoms with E-state index in [0.717, 1.165) is 14.2 Å². The molecule has 2 amide bonds. The van der Waals surface area contributed by atoms with Crippen LogP contribution >= 0.6 is 11.6 Å². The molecule has 146 valence electrons. The summed E-state index contributed by atoms with van der Waals surface area (Å²) < 4.78 is 35.1. The zero-order valence-electron chi connectivity index (χ0n) is 14.6. The molecule has 0 aromatic carbocycles. The maximum absolute atomic E-state index is 12.7. The zero-order chi connectivity index (χ0) is 20.4. The number of sulfonamides is 1. The number of aryl methyl sites for hydroxylation is 1. The molecule has 0 bridgehead atoms. The number of esters is 1. The molecule has 2 aromatic rings. The number of methoxy groups -OCH3 is 2. The highest BCUT2D eigenvalue weighted by atomic mass is 35.5. The lowest BCUT2D eigenvalue weighted by Gasteiger charge is -2.17. The number of nitrogens with one attached hydrogen (secondary N) is 2. The smallest absolute Gasteiger partial charge is 0.344 e. The van der Waals surface area contributed by atoms with Gasteiger partial charge < -0.3 is 9.47 Å². The number of H-pyrrole nitrogens is 1. The predicted molar refractivity (Wildman–Crippen MR) is 92.2 cm³/mol. The molecule has 14 heteroatoms. The van der Waals surface area contributed by atoms with E-state index in [4.69, 9.17) is 16.3 Å². The Balaban J connectivity index is 2.34. The van der Waals surface area contributed by atoms with Gasteiger partial charge in [-0.3, -0.25) is 10.4 Å². The molecule has 0 aliphatic carbocycles. The highest BCUT2D eigenvalue weighted by Gasteiger charge is 2.35. The normalized spacial score (nSPS) is 11.0. The van der Waals surface area contributed by atoms with Crippen molar-refractivity contribution < 1.29 is 27.5 Å². The molecule has 0 atom stereocenters.